The molecule has 1 saturated heterocycles. The van der Waals surface area contributed by atoms with Gasteiger partial charge in [-0.15, -0.1) is 0 Å². The summed E-state index contributed by atoms with van der Waals surface area (Å²) < 4.78 is 0. The first-order valence-electron chi connectivity index (χ1n) is 10.2. The largest absolute Gasteiger partial charge is 0.481 e. The van der Waals surface area contributed by atoms with E-state index in [0.29, 0.717) is 19.4 Å². The maximum Gasteiger partial charge on any atom is 0.300 e. The van der Waals surface area contributed by atoms with Crippen LogP contribution in [0.3, 0.4) is 0 Å². The van der Waals surface area contributed by atoms with Gasteiger partial charge in [-0.3, -0.25) is 19.2 Å². The predicted octanol–water partition coefficient (Wildman–Crippen LogP) is -0.651. The molecule has 8 N–H and O–H groups in total. The van der Waals surface area contributed by atoms with Gasteiger partial charge >= 0.3 is 0 Å². The molecule has 0 radical (unpaired) electrons. The zero-order valence-corrected chi connectivity index (χ0v) is 17.9. The number of carbonyl (C=O) groups is 4. The number of likely N-dealkylation sites (tertiary alicyclic amines) is 1. The molecule has 31 heavy (non-hydrogen) atoms. The number of carbonyl (C=O) groups excluding carboxylic acids is 3. The van der Waals surface area contributed by atoms with Gasteiger partial charge in [0, 0.05) is 33.0 Å². The molecule has 1 fully saturated rings. The third-order valence-corrected chi connectivity index (χ3v) is 4.91. The van der Waals surface area contributed by atoms with E-state index in [1.807, 2.05) is 30.3 Å². The predicted molar refractivity (Wildman–Crippen MR) is 116 cm³/mol. The van der Waals surface area contributed by atoms with E-state index in [0.717, 1.165) is 12.5 Å². The number of nitrogens with two attached hydrogens (primary N) is 3. The molecule has 1 aromatic rings. The van der Waals surface area contributed by atoms with Gasteiger partial charge in [-0.25, -0.2) is 0 Å². The fourth-order valence-electron chi connectivity index (χ4n) is 3.41. The van der Waals surface area contributed by atoms with E-state index in [4.69, 9.17) is 27.1 Å². The van der Waals surface area contributed by atoms with E-state index in [9.17, 15) is 14.4 Å². The van der Waals surface area contributed by atoms with Crippen LogP contribution in [-0.4, -0.2) is 64.8 Å². The number of aliphatic carboxylic acids is 1. The van der Waals surface area contributed by atoms with Gasteiger partial charge in [0.1, 0.15) is 0 Å². The summed E-state index contributed by atoms with van der Waals surface area (Å²) in [6.07, 6.45) is 1.36. The number of Topliss-reactive ketones (excluding diaryl/α,β-unsaturated/α-hetero) is 1. The zero-order chi connectivity index (χ0) is 23.4. The third-order valence-electron chi connectivity index (χ3n) is 4.91. The molecule has 1 aliphatic rings. The number of benzene rings is 1. The van der Waals surface area contributed by atoms with Gasteiger partial charge in [-0.2, -0.15) is 0 Å². The van der Waals surface area contributed by atoms with Crippen LogP contribution in [0.4, 0.5) is 0 Å². The number of hydrogen-bond acceptors (Lipinski definition) is 7. The first-order chi connectivity index (χ1) is 14.7. The fraction of sp³-hybridized carbons (Fsp3) is 0.524. The Hall–Kier alpha value is -2.82. The molecule has 1 heterocycles. The molecule has 10 heteroatoms. The molecule has 0 saturated carbocycles. The molecular formula is C21H33N5O5. The van der Waals surface area contributed by atoms with E-state index in [2.05, 4.69) is 5.32 Å². The van der Waals surface area contributed by atoms with Crippen molar-refractivity contribution < 1.29 is 24.3 Å². The van der Waals surface area contributed by atoms with Crippen molar-refractivity contribution in [2.45, 2.75) is 50.7 Å². The van der Waals surface area contributed by atoms with Crippen LogP contribution in [0.5, 0.6) is 0 Å². The summed E-state index contributed by atoms with van der Waals surface area (Å²) in [5.41, 5.74) is 16.5. The first kappa shape index (κ1) is 26.2. The lowest BCUT2D eigenvalue weighted by Crippen LogP contribution is -2.64. The molecule has 2 rings (SSSR count). The Kier molecular flexibility index (Phi) is 10.8. The van der Waals surface area contributed by atoms with Crippen molar-refractivity contribution in [1.29, 1.82) is 0 Å². The smallest absolute Gasteiger partial charge is 0.300 e. The van der Waals surface area contributed by atoms with Crippen molar-refractivity contribution in [1.82, 2.24) is 10.2 Å². The number of amides is 2. The van der Waals surface area contributed by atoms with E-state index in [1.165, 1.54) is 4.90 Å². The number of hydrogen-bond donors (Lipinski definition) is 5. The van der Waals surface area contributed by atoms with E-state index in [1.54, 1.807) is 0 Å². The SMILES string of the molecule is CC(=O)O.NCCC(=O)N1CCCC1C(=O)C(N)(CCN)C(=O)NCc1ccccc1. The molecule has 2 unspecified atom stereocenters. The molecule has 0 aromatic heterocycles. The number of ketones is 1. The fourth-order valence-corrected chi connectivity index (χ4v) is 3.41. The van der Waals surface area contributed by atoms with Gasteiger partial charge in [0.15, 0.2) is 11.3 Å². The monoisotopic (exact) mass is 435 g/mol. The molecule has 10 nitrogen and oxygen atoms in total. The van der Waals surface area contributed by atoms with Crippen LogP contribution in [0.25, 0.3) is 0 Å². The molecule has 0 bridgehead atoms. The highest BCUT2D eigenvalue weighted by Gasteiger charge is 2.48. The summed E-state index contributed by atoms with van der Waals surface area (Å²) in [4.78, 5) is 48.7. The maximum atomic E-state index is 13.2. The number of nitrogens with one attached hydrogen (secondary N) is 1. The van der Waals surface area contributed by atoms with Crippen molar-refractivity contribution in [3.8, 4) is 0 Å². The van der Waals surface area contributed by atoms with Crippen molar-refractivity contribution in [3.05, 3.63) is 35.9 Å². The molecule has 1 aliphatic heterocycles. The zero-order valence-electron chi connectivity index (χ0n) is 17.9. The first-order valence-corrected chi connectivity index (χ1v) is 10.2. The average molecular weight is 436 g/mol. The quantitative estimate of drug-likeness (QED) is 0.317. The highest BCUT2D eigenvalue weighted by Crippen LogP contribution is 2.24. The summed E-state index contributed by atoms with van der Waals surface area (Å²) in [6.45, 7) is 2.12. The Labute approximate surface area is 182 Å². The minimum Gasteiger partial charge on any atom is -0.481 e. The normalized spacial score (nSPS) is 17.2. The van der Waals surface area contributed by atoms with Crippen molar-refractivity contribution in [2.75, 3.05) is 19.6 Å². The van der Waals surface area contributed by atoms with Crippen LogP contribution in [0.1, 0.15) is 38.2 Å². The number of rotatable bonds is 9. The lowest BCUT2D eigenvalue weighted by atomic mass is 9.85. The Balaban J connectivity index is 0.00000110. The number of carboxylic acids is 1. The van der Waals surface area contributed by atoms with E-state index < -0.39 is 29.2 Å². The highest BCUT2D eigenvalue weighted by molar-refractivity contribution is 6.13. The van der Waals surface area contributed by atoms with Gasteiger partial charge in [0.2, 0.25) is 11.8 Å². The lowest BCUT2D eigenvalue weighted by Gasteiger charge is -2.32. The summed E-state index contributed by atoms with van der Waals surface area (Å²) >= 11 is 0. The minimum absolute atomic E-state index is 0.0157. The van der Waals surface area contributed by atoms with E-state index in [-0.39, 0.29) is 38.4 Å². The Morgan fingerprint density at radius 2 is 1.77 bits per heavy atom. The summed E-state index contributed by atoms with van der Waals surface area (Å²) in [5, 5.41) is 10.2. The second kappa shape index (κ2) is 12.8. The molecule has 0 spiro atoms. The Morgan fingerprint density at radius 1 is 1.16 bits per heavy atom. The van der Waals surface area contributed by atoms with Gasteiger partial charge in [0.25, 0.3) is 5.97 Å². The summed E-state index contributed by atoms with van der Waals surface area (Å²) in [6, 6.07) is 8.64. The Morgan fingerprint density at radius 3 is 2.32 bits per heavy atom. The molecule has 1 aromatic carbocycles. The van der Waals surface area contributed by atoms with Gasteiger partial charge in [0.05, 0.1) is 6.04 Å². The number of nitrogens with zero attached hydrogens (tertiary/aromatic N) is 1. The van der Waals surface area contributed by atoms with Crippen LogP contribution in [0.15, 0.2) is 30.3 Å². The molecule has 2 atom stereocenters. The molecule has 2 amide bonds. The molecular weight excluding hydrogens is 402 g/mol. The summed E-state index contributed by atoms with van der Waals surface area (Å²) in [5.74, 6) is -2.05. The van der Waals surface area contributed by atoms with Gasteiger partial charge in [-0.05, 0) is 31.4 Å². The minimum atomic E-state index is -1.76. The van der Waals surface area contributed by atoms with Crippen molar-refractivity contribution in [3.63, 3.8) is 0 Å². The van der Waals surface area contributed by atoms with Crippen LogP contribution in [0.2, 0.25) is 0 Å². The highest BCUT2D eigenvalue weighted by atomic mass is 16.4. The average Bonchev–Trinajstić information content (AvgIpc) is 3.22. The Bertz CT molecular complexity index is 754. The second-order valence-corrected chi connectivity index (χ2v) is 7.35. The van der Waals surface area contributed by atoms with E-state index >= 15 is 0 Å². The van der Waals surface area contributed by atoms with Crippen LogP contribution < -0.4 is 22.5 Å². The third kappa shape index (κ3) is 7.74. The van der Waals surface area contributed by atoms with Crippen LogP contribution >= 0.6 is 0 Å². The second-order valence-electron chi connectivity index (χ2n) is 7.35. The van der Waals surface area contributed by atoms with Gasteiger partial charge < -0.3 is 32.5 Å². The maximum absolute atomic E-state index is 13.2. The molecule has 0 aliphatic carbocycles. The topological polar surface area (TPSA) is 182 Å². The summed E-state index contributed by atoms with van der Waals surface area (Å²) in [7, 11) is 0. The van der Waals surface area contributed by atoms with Crippen molar-refractivity contribution in [2.24, 2.45) is 17.2 Å². The standard InChI is InChI=1S/C19H29N5O3.C2H4O2/c20-10-8-16(25)24-12-4-7-15(24)17(26)19(22,9-11-21)18(27)23-13-14-5-2-1-3-6-14;1-2(3)4/h1-3,5-6,15H,4,7-13,20-22H2,(H,23,27);1H3,(H,3,4). The van der Waals surface area contributed by atoms with Crippen LogP contribution in [0, 0.1) is 0 Å². The lowest BCUT2D eigenvalue weighted by molar-refractivity contribution is -0.144. The number of carboxylic acid groups (broad SMARTS) is 1. The van der Waals surface area contributed by atoms with Crippen molar-refractivity contribution >= 4 is 23.6 Å². The van der Waals surface area contributed by atoms with Crippen LogP contribution in [-0.2, 0) is 25.7 Å². The van der Waals surface area contributed by atoms with Gasteiger partial charge in [-0.1, -0.05) is 30.3 Å². The molecule has 172 valence electrons.